The average molecular weight is 186 g/mol. The Hall–Kier alpha value is -0.550. The van der Waals surface area contributed by atoms with Crippen molar-refractivity contribution in [2.75, 3.05) is 18.6 Å². The van der Waals surface area contributed by atoms with E-state index in [2.05, 4.69) is 16.6 Å². The highest BCUT2D eigenvalue weighted by molar-refractivity contribution is 7.98. The minimum Gasteiger partial charge on any atom is -0.330 e. The number of hydrogen-bond donors (Lipinski definition) is 1. The molecule has 0 fully saturated rings. The van der Waals surface area contributed by atoms with Gasteiger partial charge in [-0.05, 0) is 12.8 Å². The molecule has 0 aliphatic heterocycles. The highest BCUT2D eigenvalue weighted by Gasteiger charge is 1.97. The van der Waals surface area contributed by atoms with E-state index in [4.69, 9.17) is 5.73 Å². The second-order valence-electron chi connectivity index (χ2n) is 2.50. The number of rotatable bonds is 5. The Labute approximate surface area is 76.5 Å². The smallest absolute Gasteiger partial charge is 0.0839 e. The van der Waals surface area contributed by atoms with Gasteiger partial charge in [-0.2, -0.15) is 11.8 Å². The van der Waals surface area contributed by atoms with Crippen molar-refractivity contribution in [1.29, 1.82) is 0 Å². The molecule has 1 rings (SSSR count). The van der Waals surface area contributed by atoms with Crippen molar-refractivity contribution in [3.63, 3.8) is 0 Å². The first-order valence-corrected chi connectivity index (χ1v) is 5.34. The Morgan fingerprint density at radius 1 is 1.67 bits per heavy atom. The summed E-state index contributed by atoms with van der Waals surface area (Å²) in [6.45, 7) is 1.57. The zero-order valence-corrected chi connectivity index (χ0v) is 8.05. The maximum Gasteiger partial charge on any atom is 0.0839 e. The molecule has 0 saturated carbocycles. The van der Waals surface area contributed by atoms with Crippen molar-refractivity contribution in [2.24, 2.45) is 5.73 Å². The summed E-state index contributed by atoms with van der Waals surface area (Å²) in [5, 5.41) is 7.95. The second kappa shape index (κ2) is 5.16. The molecule has 0 aliphatic rings. The zero-order chi connectivity index (χ0) is 8.81. The highest BCUT2D eigenvalue weighted by Crippen LogP contribution is 1.96. The Morgan fingerprint density at radius 2 is 2.50 bits per heavy atom. The maximum atomic E-state index is 5.39. The zero-order valence-electron chi connectivity index (χ0n) is 7.23. The van der Waals surface area contributed by atoms with Crippen LogP contribution in [0.25, 0.3) is 0 Å². The molecule has 0 unspecified atom stereocenters. The summed E-state index contributed by atoms with van der Waals surface area (Å²) in [7, 11) is 0. The van der Waals surface area contributed by atoms with Crippen LogP contribution in [0.3, 0.4) is 0 Å². The number of hydrogen-bond acceptors (Lipinski definition) is 4. The Balaban J connectivity index is 2.41. The minimum absolute atomic E-state index is 0.640. The number of aryl methyl sites for hydroxylation is 1. The molecule has 0 atom stereocenters. The lowest BCUT2D eigenvalue weighted by Crippen LogP contribution is -2.03. The Morgan fingerprint density at radius 3 is 3.17 bits per heavy atom. The van der Waals surface area contributed by atoms with E-state index < -0.39 is 0 Å². The number of thioether (sulfide) groups is 1. The van der Waals surface area contributed by atoms with Gasteiger partial charge in [0.2, 0.25) is 0 Å². The van der Waals surface area contributed by atoms with Gasteiger partial charge >= 0.3 is 0 Å². The first-order chi connectivity index (χ1) is 5.86. The normalized spacial score (nSPS) is 10.5. The molecule has 4 nitrogen and oxygen atoms in total. The van der Waals surface area contributed by atoms with E-state index in [9.17, 15) is 0 Å². The summed E-state index contributed by atoms with van der Waals surface area (Å²) < 4.78 is 1.86. The number of nitrogens with two attached hydrogens (primary N) is 1. The summed E-state index contributed by atoms with van der Waals surface area (Å²) in [6, 6.07) is 0. The first kappa shape index (κ1) is 9.54. The predicted octanol–water partition coefficient (Wildman–Crippen LogP) is 0.142. The topological polar surface area (TPSA) is 56.7 Å². The lowest BCUT2D eigenvalue weighted by Gasteiger charge is -1.95. The molecule has 0 aliphatic carbocycles. The minimum atomic E-state index is 0.640. The molecular formula is C7H14N4S. The Kier molecular flexibility index (Phi) is 4.10. The number of nitrogens with zero attached hydrogens (tertiary/aromatic N) is 3. The molecule has 1 aromatic heterocycles. The number of aromatic nitrogens is 3. The fraction of sp³-hybridized carbons (Fsp3) is 0.714. The van der Waals surface area contributed by atoms with Crippen LogP contribution in [-0.2, 0) is 13.0 Å². The van der Waals surface area contributed by atoms with Crippen LogP contribution < -0.4 is 5.73 Å². The molecule has 1 aromatic rings. The van der Waals surface area contributed by atoms with Crippen LogP contribution in [-0.4, -0.2) is 33.5 Å². The third-order valence-electron chi connectivity index (χ3n) is 1.51. The van der Waals surface area contributed by atoms with Crippen LogP contribution in [0.15, 0.2) is 6.20 Å². The van der Waals surface area contributed by atoms with Crippen LogP contribution >= 0.6 is 11.8 Å². The summed E-state index contributed by atoms with van der Waals surface area (Å²) >= 11 is 1.81. The third kappa shape index (κ3) is 2.83. The van der Waals surface area contributed by atoms with E-state index in [-0.39, 0.29) is 0 Å². The van der Waals surface area contributed by atoms with Crippen molar-refractivity contribution in [3.05, 3.63) is 11.9 Å². The molecular weight excluding hydrogens is 172 g/mol. The second-order valence-corrected chi connectivity index (χ2v) is 3.49. The third-order valence-corrected chi connectivity index (χ3v) is 2.10. The average Bonchev–Trinajstić information content (AvgIpc) is 2.50. The van der Waals surface area contributed by atoms with Crippen LogP contribution in [0.4, 0.5) is 0 Å². The summed E-state index contributed by atoms with van der Waals surface area (Å²) in [4.78, 5) is 0. The van der Waals surface area contributed by atoms with Crippen molar-refractivity contribution in [1.82, 2.24) is 15.0 Å². The summed E-state index contributed by atoms with van der Waals surface area (Å²) in [5.41, 5.74) is 6.37. The van der Waals surface area contributed by atoms with E-state index in [1.807, 2.05) is 10.9 Å². The fourth-order valence-electron chi connectivity index (χ4n) is 0.895. The first-order valence-electron chi connectivity index (χ1n) is 3.95. The van der Waals surface area contributed by atoms with E-state index in [0.29, 0.717) is 6.54 Å². The van der Waals surface area contributed by atoms with Gasteiger partial charge in [-0.25, -0.2) is 0 Å². The van der Waals surface area contributed by atoms with Crippen molar-refractivity contribution in [2.45, 2.75) is 13.0 Å². The lowest BCUT2D eigenvalue weighted by atomic mass is 10.3. The molecule has 0 radical (unpaired) electrons. The SMILES string of the molecule is CSCCn1cc(CCN)nn1. The highest BCUT2D eigenvalue weighted by atomic mass is 32.2. The fourth-order valence-corrected chi connectivity index (χ4v) is 1.26. The van der Waals surface area contributed by atoms with Crippen molar-refractivity contribution in [3.8, 4) is 0 Å². The van der Waals surface area contributed by atoms with Crippen molar-refractivity contribution >= 4 is 11.8 Å². The van der Waals surface area contributed by atoms with Crippen LogP contribution in [0.2, 0.25) is 0 Å². The Bertz CT molecular complexity index is 223. The largest absolute Gasteiger partial charge is 0.330 e. The molecule has 0 amide bonds. The molecule has 5 heteroatoms. The van der Waals surface area contributed by atoms with Crippen LogP contribution in [0.5, 0.6) is 0 Å². The molecule has 12 heavy (non-hydrogen) atoms. The standard InChI is InChI=1S/C7H14N4S/c1-12-5-4-11-6-7(2-3-8)9-10-11/h6H,2-5,8H2,1H3. The van der Waals surface area contributed by atoms with Gasteiger partial charge in [0.1, 0.15) is 0 Å². The molecule has 0 aromatic carbocycles. The quantitative estimate of drug-likeness (QED) is 0.711. The van der Waals surface area contributed by atoms with E-state index in [1.54, 1.807) is 11.8 Å². The van der Waals surface area contributed by atoms with E-state index >= 15 is 0 Å². The van der Waals surface area contributed by atoms with Gasteiger partial charge in [0.25, 0.3) is 0 Å². The predicted molar refractivity (Wildman–Crippen MR) is 51.2 cm³/mol. The van der Waals surface area contributed by atoms with Gasteiger partial charge in [0, 0.05) is 18.4 Å². The van der Waals surface area contributed by atoms with Gasteiger partial charge in [0.05, 0.1) is 12.2 Å². The molecule has 0 spiro atoms. The van der Waals surface area contributed by atoms with Gasteiger partial charge in [-0.1, -0.05) is 5.21 Å². The molecule has 0 saturated heterocycles. The van der Waals surface area contributed by atoms with Crippen molar-refractivity contribution < 1.29 is 0 Å². The molecule has 2 N–H and O–H groups in total. The van der Waals surface area contributed by atoms with Gasteiger partial charge in [-0.3, -0.25) is 4.68 Å². The summed E-state index contributed by atoms with van der Waals surface area (Å²) in [6.07, 6.45) is 4.86. The lowest BCUT2D eigenvalue weighted by molar-refractivity contribution is 0.632. The van der Waals surface area contributed by atoms with Crippen LogP contribution in [0.1, 0.15) is 5.69 Å². The molecule has 68 valence electrons. The monoisotopic (exact) mass is 186 g/mol. The van der Waals surface area contributed by atoms with Crippen LogP contribution in [0, 0.1) is 0 Å². The summed E-state index contributed by atoms with van der Waals surface area (Å²) in [5.74, 6) is 1.07. The molecule has 0 bridgehead atoms. The van der Waals surface area contributed by atoms with Gasteiger partial charge in [0.15, 0.2) is 0 Å². The van der Waals surface area contributed by atoms with Gasteiger partial charge in [-0.15, -0.1) is 5.10 Å². The van der Waals surface area contributed by atoms with E-state index in [0.717, 1.165) is 24.4 Å². The van der Waals surface area contributed by atoms with Gasteiger partial charge < -0.3 is 5.73 Å². The molecule has 1 heterocycles. The maximum absolute atomic E-state index is 5.39. The van der Waals surface area contributed by atoms with E-state index in [1.165, 1.54) is 0 Å².